The number of hydrogen-bond acceptors (Lipinski definition) is 3. The summed E-state index contributed by atoms with van der Waals surface area (Å²) in [5, 5.41) is 0. The second-order valence-corrected chi connectivity index (χ2v) is 5.05. The van der Waals surface area contributed by atoms with Crippen molar-refractivity contribution < 1.29 is 14.3 Å². The Kier molecular flexibility index (Phi) is 5.26. The standard InChI is InChI=1S/C19H18O3/c1-3-18(20)22-14(2)13-15-9-11-17(12-10-15)19(21)16-7-5-4-6-8-16/h3-12,14H,1,13H2,2H3. The van der Waals surface area contributed by atoms with Crippen LogP contribution in [0, 0.1) is 0 Å². The Morgan fingerprint density at radius 2 is 1.64 bits per heavy atom. The zero-order chi connectivity index (χ0) is 15.9. The maximum Gasteiger partial charge on any atom is 0.330 e. The molecular formula is C19H18O3. The number of hydrogen-bond donors (Lipinski definition) is 0. The SMILES string of the molecule is C=CC(=O)OC(C)Cc1ccc(C(=O)c2ccccc2)cc1. The number of ketones is 1. The van der Waals surface area contributed by atoms with E-state index in [0.717, 1.165) is 11.6 Å². The molecule has 0 spiro atoms. The summed E-state index contributed by atoms with van der Waals surface area (Å²) in [5.41, 5.74) is 2.32. The van der Waals surface area contributed by atoms with E-state index in [9.17, 15) is 9.59 Å². The molecule has 1 unspecified atom stereocenters. The highest BCUT2D eigenvalue weighted by Crippen LogP contribution is 2.13. The number of benzene rings is 2. The molecule has 0 N–H and O–H groups in total. The van der Waals surface area contributed by atoms with Crippen molar-refractivity contribution >= 4 is 11.8 Å². The van der Waals surface area contributed by atoms with Crippen LogP contribution in [0.2, 0.25) is 0 Å². The molecule has 0 aliphatic heterocycles. The summed E-state index contributed by atoms with van der Waals surface area (Å²) in [6, 6.07) is 16.5. The highest BCUT2D eigenvalue weighted by molar-refractivity contribution is 6.08. The highest BCUT2D eigenvalue weighted by Gasteiger charge is 2.10. The zero-order valence-electron chi connectivity index (χ0n) is 12.5. The third-order valence-electron chi connectivity index (χ3n) is 3.26. The molecule has 0 amide bonds. The average molecular weight is 294 g/mol. The van der Waals surface area contributed by atoms with Gasteiger partial charge in [0.2, 0.25) is 0 Å². The van der Waals surface area contributed by atoms with E-state index < -0.39 is 5.97 Å². The molecule has 0 aliphatic carbocycles. The van der Waals surface area contributed by atoms with Gasteiger partial charge in [0, 0.05) is 23.6 Å². The molecule has 0 saturated carbocycles. The first-order valence-corrected chi connectivity index (χ1v) is 7.12. The molecule has 22 heavy (non-hydrogen) atoms. The van der Waals surface area contributed by atoms with E-state index in [1.54, 1.807) is 24.3 Å². The Balaban J connectivity index is 2.03. The first-order chi connectivity index (χ1) is 10.6. The lowest BCUT2D eigenvalue weighted by atomic mass is 10.0. The lowest BCUT2D eigenvalue weighted by molar-refractivity contribution is -0.142. The Morgan fingerprint density at radius 1 is 1.05 bits per heavy atom. The summed E-state index contributed by atoms with van der Waals surface area (Å²) in [6.07, 6.45) is 1.51. The van der Waals surface area contributed by atoms with Crippen molar-refractivity contribution in [2.45, 2.75) is 19.4 Å². The Bertz CT molecular complexity index is 657. The molecule has 0 aliphatic rings. The van der Waals surface area contributed by atoms with Crippen molar-refractivity contribution in [3.8, 4) is 0 Å². The van der Waals surface area contributed by atoms with E-state index in [1.165, 1.54) is 0 Å². The summed E-state index contributed by atoms with van der Waals surface area (Å²) in [4.78, 5) is 23.4. The van der Waals surface area contributed by atoms with E-state index >= 15 is 0 Å². The molecule has 2 aromatic carbocycles. The fraction of sp³-hybridized carbons (Fsp3) is 0.158. The third-order valence-corrected chi connectivity index (χ3v) is 3.26. The van der Waals surface area contributed by atoms with Crippen molar-refractivity contribution in [1.29, 1.82) is 0 Å². The van der Waals surface area contributed by atoms with Gasteiger partial charge < -0.3 is 4.74 Å². The third kappa shape index (κ3) is 4.16. The summed E-state index contributed by atoms with van der Waals surface area (Å²) < 4.78 is 5.13. The average Bonchev–Trinajstić information content (AvgIpc) is 2.55. The van der Waals surface area contributed by atoms with E-state index in [2.05, 4.69) is 6.58 Å². The van der Waals surface area contributed by atoms with Crippen molar-refractivity contribution in [1.82, 2.24) is 0 Å². The molecule has 0 radical (unpaired) electrons. The first-order valence-electron chi connectivity index (χ1n) is 7.12. The van der Waals surface area contributed by atoms with Crippen LogP contribution in [0.4, 0.5) is 0 Å². The molecule has 3 nitrogen and oxygen atoms in total. The molecule has 112 valence electrons. The minimum Gasteiger partial charge on any atom is -0.459 e. The number of carbonyl (C=O) groups is 2. The van der Waals surface area contributed by atoms with Gasteiger partial charge in [-0.05, 0) is 12.5 Å². The smallest absolute Gasteiger partial charge is 0.330 e. The molecular weight excluding hydrogens is 276 g/mol. The summed E-state index contributed by atoms with van der Waals surface area (Å²) in [7, 11) is 0. The van der Waals surface area contributed by atoms with Gasteiger partial charge in [0.1, 0.15) is 6.10 Å². The largest absolute Gasteiger partial charge is 0.459 e. The summed E-state index contributed by atoms with van der Waals surface area (Å²) in [5.74, 6) is -0.429. The lowest BCUT2D eigenvalue weighted by Crippen LogP contribution is -2.15. The van der Waals surface area contributed by atoms with Gasteiger partial charge >= 0.3 is 5.97 Å². The van der Waals surface area contributed by atoms with E-state index in [4.69, 9.17) is 4.74 Å². The Hall–Kier alpha value is -2.68. The number of rotatable bonds is 6. The second-order valence-electron chi connectivity index (χ2n) is 5.05. The Labute approximate surface area is 130 Å². The van der Waals surface area contributed by atoms with E-state index in [1.807, 2.05) is 37.3 Å². The van der Waals surface area contributed by atoms with Crippen molar-refractivity contribution in [2.75, 3.05) is 0 Å². The van der Waals surface area contributed by atoms with Gasteiger partial charge in [-0.25, -0.2) is 4.79 Å². The lowest BCUT2D eigenvalue weighted by Gasteiger charge is -2.12. The van der Waals surface area contributed by atoms with Crippen LogP contribution in [0.15, 0.2) is 67.3 Å². The van der Waals surface area contributed by atoms with Gasteiger partial charge in [-0.15, -0.1) is 0 Å². The van der Waals surface area contributed by atoms with Crippen molar-refractivity contribution in [2.24, 2.45) is 0 Å². The minimum atomic E-state index is -0.427. The van der Waals surface area contributed by atoms with Gasteiger partial charge in [-0.1, -0.05) is 61.2 Å². The number of esters is 1. The summed E-state index contributed by atoms with van der Waals surface area (Å²) >= 11 is 0. The van der Waals surface area contributed by atoms with Crippen LogP contribution >= 0.6 is 0 Å². The van der Waals surface area contributed by atoms with Crippen LogP contribution < -0.4 is 0 Å². The predicted octanol–water partition coefficient (Wildman–Crippen LogP) is 3.58. The normalized spacial score (nSPS) is 11.5. The van der Waals surface area contributed by atoms with E-state index in [0.29, 0.717) is 17.5 Å². The maximum atomic E-state index is 12.3. The fourth-order valence-corrected chi connectivity index (χ4v) is 2.17. The maximum absolute atomic E-state index is 12.3. The van der Waals surface area contributed by atoms with Crippen molar-refractivity contribution in [3.05, 3.63) is 83.9 Å². The molecule has 0 heterocycles. The van der Waals surface area contributed by atoms with Crippen LogP contribution in [0.1, 0.15) is 28.4 Å². The summed E-state index contributed by atoms with van der Waals surface area (Å²) in [6.45, 7) is 5.19. The fourth-order valence-electron chi connectivity index (χ4n) is 2.17. The molecule has 0 aromatic heterocycles. The van der Waals surface area contributed by atoms with Gasteiger partial charge in [0.05, 0.1) is 0 Å². The molecule has 0 saturated heterocycles. The Morgan fingerprint density at radius 3 is 2.23 bits per heavy atom. The van der Waals surface area contributed by atoms with Gasteiger partial charge in [0.15, 0.2) is 5.78 Å². The second kappa shape index (κ2) is 7.36. The van der Waals surface area contributed by atoms with Crippen LogP contribution in [-0.2, 0) is 16.0 Å². The molecule has 1 atom stereocenters. The minimum absolute atomic E-state index is 0.00159. The monoisotopic (exact) mass is 294 g/mol. The van der Waals surface area contributed by atoms with Crippen LogP contribution in [0.3, 0.4) is 0 Å². The number of carbonyl (C=O) groups excluding carboxylic acids is 2. The van der Waals surface area contributed by atoms with Gasteiger partial charge in [0.25, 0.3) is 0 Å². The van der Waals surface area contributed by atoms with E-state index in [-0.39, 0.29) is 11.9 Å². The topological polar surface area (TPSA) is 43.4 Å². The highest BCUT2D eigenvalue weighted by atomic mass is 16.5. The zero-order valence-corrected chi connectivity index (χ0v) is 12.5. The van der Waals surface area contributed by atoms with Crippen LogP contribution in [0.5, 0.6) is 0 Å². The molecule has 0 bridgehead atoms. The molecule has 0 fully saturated rings. The quantitative estimate of drug-likeness (QED) is 0.464. The number of ether oxygens (including phenoxy) is 1. The first kappa shape index (κ1) is 15.7. The molecule has 2 rings (SSSR count). The van der Waals surface area contributed by atoms with Crippen LogP contribution in [-0.4, -0.2) is 17.9 Å². The van der Waals surface area contributed by atoms with Crippen molar-refractivity contribution in [3.63, 3.8) is 0 Å². The van der Waals surface area contributed by atoms with Gasteiger partial charge in [-0.2, -0.15) is 0 Å². The molecule has 3 heteroatoms. The van der Waals surface area contributed by atoms with Gasteiger partial charge in [-0.3, -0.25) is 4.79 Å². The molecule has 2 aromatic rings. The van der Waals surface area contributed by atoms with Crippen LogP contribution in [0.25, 0.3) is 0 Å². The predicted molar refractivity (Wildman–Crippen MR) is 85.8 cm³/mol.